The second kappa shape index (κ2) is 12.8. The minimum Gasteiger partial charge on any atom is -0.466 e. The number of piperidine rings is 2. The fraction of sp³-hybridized carbons (Fsp3) is 0.895. The van der Waals surface area contributed by atoms with Crippen molar-refractivity contribution >= 4 is 35.9 Å². The van der Waals surface area contributed by atoms with Crippen molar-refractivity contribution in [1.82, 2.24) is 15.1 Å². The standard InChI is InChI=1S/C19H36N4O2.HI/c1-4-20-19(21-14-16-8-7-11-22(5-2)15-16)23-12-9-17(10-13-23)18(24)25-6-3;/h16-17H,4-15H2,1-3H3,(H,20,21);1H. The number of nitrogens with one attached hydrogen (secondary N) is 1. The lowest BCUT2D eigenvalue weighted by Crippen LogP contribution is -2.47. The third-order valence-corrected chi connectivity index (χ3v) is 5.30. The van der Waals surface area contributed by atoms with Crippen LogP contribution in [0, 0.1) is 11.8 Å². The predicted octanol–water partition coefficient (Wildman–Crippen LogP) is 2.58. The van der Waals surface area contributed by atoms with Crippen molar-refractivity contribution in [3.05, 3.63) is 0 Å². The summed E-state index contributed by atoms with van der Waals surface area (Å²) in [6.07, 6.45) is 4.28. The van der Waals surface area contributed by atoms with Crippen molar-refractivity contribution in [2.24, 2.45) is 16.8 Å². The number of nitrogens with zero attached hydrogens (tertiary/aromatic N) is 3. The predicted molar refractivity (Wildman–Crippen MR) is 117 cm³/mol. The van der Waals surface area contributed by atoms with Gasteiger partial charge < -0.3 is 19.9 Å². The Bertz CT molecular complexity index is 439. The third kappa shape index (κ3) is 7.21. The monoisotopic (exact) mass is 480 g/mol. The Morgan fingerprint density at radius 1 is 1.15 bits per heavy atom. The zero-order valence-electron chi connectivity index (χ0n) is 16.7. The maximum absolute atomic E-state index is 11.9. The molecule has 0 radical (unpaired) electrons. The Labute approximate surface area is 176 Å². The molecule has 0 saturated carbocycles. The van der Waals surface area contributed by atoms with Gasteiger partial charge in [0.1, 0.15) is 0 Å². The van der Waals surface area contributed by atoms with Gasteiger partial charge in [-0.3, -0.25) is 9.79 Å². The molecule has 2 aliphatic heterocycles. The maximum Gasteiger partial charge on any atom is 0.309 e. The Balaban J connectivity index is 0.00000338. The molecule has 2 aliphatic rings. The highest BCUT2D eigenvalue weighted by atomic mass is 127. The minimum atomic E-state index is -0.0362. The summed E-state index contributed by atoms with van der Waals surface area (Å²) in [4.78, 5) is 21.7. The molecule has 1 atom stereocenters. The smallest absolute Gasteiger partial charge is 0.309 e. The van der Waals surface area contributed by atoms with Gasteiger partial charge in [0.25, 0.3) is 0 Å². The quantitative estimate of drug-likeness (QED) is 0.274. The minimum absolute atomic E-state index is 0. The molecule has 26 heavy (non-hydrogen) atoms. The molecular formula is C19H37IN4O2. The summed E-state index contributed by atoms with van der Waals surface area (Å²) in [5.74, 6) is 1.69. The summed E-state index contributed by atoms with van der Waals surface area (Å²) in [7, 11) is 0. The van der Waals surface area contributed by atoms with E-state index in [-0.39, 0.29) is 35.9 Å². The summed E-state index contributed by atoms with van der Waals surface area (Å²) in [6, 6.07) is 0. The molecular weight excluding hydrogens is 443 g/mol. The van der Waals surface area contributed by atoms with E-state index in [1.54, 1.807) is 0 Å². The molecule has 0 aliphatic carbocycles. The van der Waals surface area contributed by atoms with Gasteiger partial charge in [-0.25, -0.2) is 0 Å². The van der Waals surface area contributed by atoms with Gasteiger partial charge >= 0.3 is 5.97 Å². The molecule has 0 spiro atoms. The normalized spacial score (nSPS) is 22.7. The first kappa shape index (κ1) is 23.5. The second-order valence-electron chi connectivity index (χ2n) is 7.11. The zero-order chi connectivity index (χ0) is 18.1. The molecule has 2 fully saturated rings. The summed E-state index contributed by atoms with van der Waals surface area (Å²) >= 11 is 0. The number of hydrogen-bond donors (Lipinski definition) is 1. The summed E-state index contributed by atoms with van der Waals surface area (Å²) in [5, 5.41) is 3.43. The number of ether oxygens (including phenoxy) is 1. The van der Waals surface area contributed by atoms with Gasteiger partial charge in [0, 0.05) is 32.7 Å². The molecule has 0 aromatic heterocycles. The van der Waals surface area contributed by atoms with E-state index in [0.717, 1.165) is 51.5 Å². The first-order valence-corrected chi connectivity index (χ1v) is 10.1. The lowest BCUT2D eigenvalue weighted by Gasteiger charge is -2.34. The fourth-order valence-electron chi connectivity index (χ4n) is 3.82. The van der Waals surface area contributed by atoms with Crippen LogP contribution in [0.25, 0.3) is 0 Å². The highest BCUT2D eigenvalue weighted by molar-refractivity contribution is 14.0. The summed E-state index contributed by atoms with van der Waals surface area (Å²) in [6.45, 7) is 13.8. The van der Waals surface area contributed by atoms with Crippen LogP contribution in [0.15, 0.2) is 4.99 Å². The lowest BCUT2D eigenvalue weighted by molar-refractivity contribution is -0.149. The number of halogens is 1. The van der Waals surface area contributed by atoms with Gasteiger partial charge in [0.2, 0.25) is 0 Å². The van der Waals surface area contributed by atoms with Crippen molar-refractivity contribution in [3.8, 4) is 0 Å². The van der Waals surface area contributed by atoms with Crippen LogP contribution < -0.4 is 5.32 Å². The Morgan fingerprint density at radius 2 is 1.88 bits per heavy atom. The first-order chi connectivity index (χ1) is 12.2. The van der Waals surface area contributed by atoms with Crippen LogP contribution in [0.3, 0.4) is 0 Å². The van der Waals surface area contributed by atoms with E-state index in [4.69, 9.17) is 9.73 Å². The molecule has 2 rings (SSSR count). The average Bonchev–Trinajstić information content (AvgIpc) is 2.65. The molecule has 6 nitrogen and oxygen atoms in total. The molecule has 2 saturated heterocycles. The Morgan fingerprint density at radius 3 is 2.50 bits per heavy atom. The largest absolute Gasteiger partial charge is 0.466 e. The lowest BCUT2D eigenvalue weighted by atomic mass is 9.97. The summed E-state index contributed by atoms with van der Waals surface area (Å²) in [5.41, 5.74) is 0. The van der Waals surface area contributed by atoms with Crippen molar-refractivity contribution < 1.29 is 9.53 Å². The van der Waals surface area contributed by atoms with Gasteiger partial charge in [0.05, 0.1) is 12.5 Å². The molecule has 152 valence electrons. The molecule has 0 aromatic rings. The highest BCUT2D eigenvalue weighted by Gasteiger charge is 2.27. The molecule has 7 heteroatoms. The molecule has 1 unspecified atom stereocenters. The van der Waals surface area contributed by atoms with Gasteiger partial charge in [-0.1, -0.05) is 6.92 Å². The third-order valence-electron chi connectivity index (χ3n) is 5.30. The van der Waals surface area contributed by atoms with Crippen LogP contribution in [0.2, 0.25) is 0 Å². The van der Waals surface area contributed by atoms with E-state index in [2.05, 4.69) is 29.0 Å². The van der Waals surface area contributed by atoms with E-state index in [9.17, 15) is 4.79 Å². The molecule has 0 amide bonds. The van der Waals surface area contributed by atoms with Crippen molar-refractivity contribution in [2.75, 3.05) is 52.4 Å². The van der Waals surface area contributed by atoms with Crippen LogP contribution >= 0.6 is 24.0 Å². The number of rotatable bonds is 6. The number of carbonyl (C=O) groups is 1. The maximum atomic E-state index is 11.9. The van der Waals surface area contributed by atoms with Crippen molar-refractivity contribution in [3.63, 3.8) is 0 Å². The first-order valence-electron chi connectivity index (χ1n) is 10.1. The Hall–Kier alpha value is -0.570. The van der Waals surface area contributed by atoms with Crippen LogP contribution in [0.5, 0.6) is 0 Å². The van der Waals surface area contributed by atoms with E-state index in [1.807, 2.05) is 6.92 Å². The number of guanidine groups is 1. The number of aliphatic imine (C=N–C) groups is 1. The van der Waals surface area contributed by atoms with Crippen LogP contribution in [0.4, 0.5) is 0 Å². The van der Waals surface area contributed by atoms with Crippen molar-refractivity contribution in [1.29, 1.82) is 0 Å². The molecule has 0 bridgehead atoms. The SMILES string of the molecule is CCNC(=NCC1CCCN(CC)C1)N1CCC(C(=O)OCC)CC1.I. The van der Waals surface area contributed by atoms with Gasteiger partial charge in [-0.15, -0.1) is 24.0 Å². The molecule has 0 aromatic carbocycles. The van der Waals surface area contributed by atoms with Crippen LogP contribution in [0.1, 0.15) is 46.5 Å². The molecule has 1 N–H and O–H groups in total. The van der Waals surface area contributed by atoms with Crippen LogP contribution in [-0.2, 0) is 9.53 Å². The van der Waals surface area contributed by atoms with Crippen molar-refractivity contribution in [2.45, 2.75) is 46.5 Å². The van der Waals surface area contributed by atoms with Gasteiger partial charge in [-0.2, -0.15) is 0 Å². The number of likely N-dealkylation sites (tertiary alicyclic amines) is 2. The second-order valence-corrected chi connectivity index (χ2v) is 7.11. The van der Waals surface area contributed by atoms with Gasteiger partial charge in [0.15, 0.2) is 5.96 Å². The van der Waals surface area contributed by atoms with Gasteiger partial charge in [-0.05, 0) is 58.5 Å². The van der Waals surface area contributed by atoms with Crippen LogP contribution in [-0.4, -0.2) is 74.1 Å². The van der Waals surface area contributed by atoms with E-state index >= 15 is 0 Å². The summed E-state index contributed by atoms with van der Waals surface area (Å²) < 4.78 is 5.16. The number of carbonyl (C=O) groups excluding carboxylic acids is 1. The van der Waals surface area contributed by atoms with E-state index in [1.165, 1.54) is 25.9 Å². The Kier molecular flexibility index (Phi) is 11.5. The van der Waals surface area contributed by atoms with E-state index < -0.39 is 0 Å². The number of esters is 1. The van der Waals surface area contributed by atoms with E-state index in [0.29, 0.717) is 12.5 Å². The fourth-order valence-corrected chi connectivity index (χ4v) is 3.82. The number of hydrogen-bond acceptors (Lipinski definition) is 4. The average molecular weight is 480 g/mol. The topological polar surface area (TPSA) is 57.2 Å². The highest BCUT2D eigenvalue weighted by Crippen LogP contribution is 2.20. The molecule has 2 heterocycles. The zero-order valence-corrected chi connectivity index (χ0v) is 19.0.